The molecular formula is C14H21FN2O3S. The van der Waals surface area contributed by atoms with Crippen molar-refractivity contribution in [3.05, 3.63) is 29.1 Å². The van der Waals surface area contributed by atoms with Crippen molar-refractivity contribution in [3.63, 3.8) is 0 Å². The lowest BCUT2D eigenvalue weighted by molar-refractivity contribution is 0.0767. The van der Waals surface area contributed by atoms with Crippen LogP contribution in [0.3, 0.4) is 0 Å². The molecule has 0 saturated carbocycles. The fourth-order valence-electron chi connectivity index (χ4n) is 2.18. The minimum atomic E-state index is -4.19. The van der Waals surface area contributed by atoms with Crippen molar-refractivity contribution in [2.24, 2.45) is 5.14 Å². The van der Waals surface area contributed by atoms with Crippen LogP contribution in [0.5, 0.6) is 0 Å². The Kier molecular flexibility index (Phi) is 5.47. The van der Waals surface area contributed by atoms with Gasteiger partial charge in [0, 0.05) is 13.1 Å². The third-order valence-electron chi connectivity index (χ3n) is 3.29. The third kappa shape index (κ3) is 3.79. The summed E-state index contributed by atoms with van der Waals surface area (Å²) in [6, 6.07) is 1.99. The Hall–Kier alpha value is -1.47. The van der Waals surface area contributed by atoms with E-state index in [9.17, 15) is 17.6 Å². The molecule has 2 N–H and O–H groups in total. The van der Waals surface area contributed by atoms with E-state index in [0.29, 0.717) is 18.7 Å². The molecule has 0 spiro atoms. The van der Waals surface area contributed by atoms with Crippen LogP contribution in [0.2, 0.25) is 0 Å². The number of benzene rings is 1. The second-order valence-corrected chi connectivity index (χ2v) is 6.58. The zero-order valence-corrected chi connectivity index (χ0v) is 13.5. The number of amides is 1. The number of carbonyl (C=O) groups is 1. The summed E-state index contributed by atoms with van der Waals surface area (Å²) in [5, 5.41) is 5.15. The van der Waals surface area contributed by atoms with Crippen LogP contribution in [0.4, 0.5) is 4.39 Å². The van der Waals surface area contributed by atoms with Crippen LogP contribution in [0.25, 0.3) is 0 Å². The highest BCUT2D eigenvalue weighted by Gasteiger charge is 2.27. The maximum Gasteiger partial charge on any atom is 0.255 e. The van der Waals surface area contributed by atoms with Crippen molar-refractivity contribution in [2.75, 3.05) is 13.1 Å². The van der Waals surface area contributed by atoms with Crippen molar-refractivity contribution in [1.29, 1.82) is 0 Å². The van der Waals surface area contributed by atoms with Gasteiger partial charge in [0.2, 0.25) is 10.0 Å². The lowest BCUT2D eigenvalue weighted by Crippen LogP contribution is -2.33. The molecule has 7 heteroatoms. The topological polar surface area (TPSA) is 80.5 Å². The SMILES string of the molecule is CCN(CC)C(=O)c1c(C(C)C)cc(F)cc1S(N)(=O)=O. The summed E-state index contributed by atoms with van der Waals surface area (Å²) in [6.07, 6.45) is 0. The van der Waals surface area contributed by atoms with E-state index in [1.54, 1.807) is 27.7 Å². The summed E-state index contributed by atoms with van der Waals surface area (Å²) in [7, 11) is -4.19. The zero-order valence-electron chi connectivity index (χ0n) is 12.7. The Morgan fingerprint density at radius 3 is 2.19 bits per heavy atom. The fourth-order valence-corrected chi connectivity index (χ4v) is 2.95. The number of primary sulfonamides is 1. The van der Waals surface area contributed by atoms with Gasteiger partial charge >= 0.3 is 0 Å². The van der Waals surface area contributed by atoms with Gasteiger partial charge in [0.05, 0.1) is 10.5 Å². The van der Waals surface area contributed by atoms with Crippen LogP contribution >= 0.6 is 0 Å². The van der Waals surface area contributed by atoms with E-state index >= 15 is 0 Å². The lowest BCUT2D eigenvalue weighted by atomic mass is 9.96. The molecule has 1 amide bonds. The van der Waals surface area contributed by atoms with Crippen molar-refractivity contribution in [2.45, 2.75) is 38.5 Å². The van der Waals surface area contributed by atoms with Crippen LogP contribution < -0.4 is 5.14 Å². The summed E-state index contributed by atoms with van der Waals surface area (Å²) < 4.78 is 37.1. The predicted octanol–water partition coefficient (Wildman–Crippen LogP) is 2.08. The quantitative estimate of drug-likeness (QED) is 0.903. The fraction of sp³-hybridized carbons (Fsp3) is 0.500. The molecule has 0 heterocycles. The average Bonchev–Trinajstić information content (AvgIpc) is 2.37. The first-order chi connectivity index (χ1) is 9.63. The third-order valence-corrected chi connectivity index (χ3v) is 4.23. The second-order valence-electron chi connectivity index (χ2n) is 5.05. The molecule has 0 fully saturated rings. The Morgan fingerprint density at radius 1 is 1.29 bits per heavy atom. The van der Waals surface area contributed by atoms with E-state index in [0.717, 1.165) is 6.07 Å². The van der Waals surface area contributed by atoms with E-state index in [1.165, 1.54) is 11.0 Å². The molecule has 1 aromatic carbocycles. The van der Waals surface area contributed by atoms with Crippen molar-refractivity contribution in [1.82, 2.24) is 4.90 Å². The molecule has 118 valence electrons. The molecule has 0 radical (unpaired) electrons. The molecule has 0 unspecified atom stereocenters. The first-order valence-corrected chi connectivity index (χ1v) is 8.33. The Labute approximate surface area is 125 Å². The average molecular weight is 316 g/mol. The Morgan fingerprint density at radius 2 is 1.81 bits per heavy atom. The normalized spacial score (nSPS) is 11.8. The van der Waals surface area contributed by atoms with E-state index in [1.807, 2.05) is 0 Å². The molecule has 0 bridgehead atoms. The predicted molar refractivity (Wildman–Crippen MR) is 79.1 cm³/mol. The molecule has 1 rings (SSSR count). The maximum absolute atomic E-state index is 13.7. The van der Waals surface area contributed by atoms with Gasteiger partial charge in [0.1, 0.15) is 5.82 Å². The first-order valence-electron chi connectivity index (χ1n) is 6.78. The lowest BCUT2D eigenvalue weighted by Gasteiger charge is -2.23. The number of rotatable bonds is 5. The van der Waals surface area contributed by atoms with Crippen molar-refractivity contribution < 1.29 is 17.6 Å². The molecule has 0 aromatic heterocycles. The Bertz CT molecular complexity index is 638. The minimum Gasteiger partial charge on any atom is -0.339 e. The summed E-state index contributed by atoms with van der Waals surface area (Å²) in [5.41, 5.74) is 0.313. The van der Waals surface area contributed by atoms with Gasteiger partial charge in [-0.05, 0) is 37.5 Å². The van der Waals surface area contributed by atoms with Gasteiger partial charge < -0.3 is 4.90 Å². The largest absolute Gasteiger partial charge is 0.339 e. The minimum absolute atomic E-state index is 0.0300. The number of carbonyl (C=O) groups excluding carboxylic acids is 1. The van der Waals surface area contributed by atoms with E-state index < -0.39 is 26.6 Å². The van der Waals surface area contributed by atoms with Gasteiger partial charge in [-0.25, -0.2) is 17.9 Å². The molecule has 0 saturated heterocycles. The Balaban J connectivity index is 3.71. The van der Waals surface area contributed by atoms with Crippen molar-refractivity contribution >= 4 is 15.9 Å². The van der Waals surface area contributed by atoms with Crippen LogP contribution in [-0.2, 0) is 10.0 Å². The monoisotopic (exact) mass is 316 g/mol. The number of nitrogens with two attached hydrogens (primary N) is 1. The van der Waals surface area contributed by atoms with Gasteiger partial charge in [-0.15, -0.1) is 0 Å². The number of halogens is 1. The number of nitrogens with zero attached hydrogens (tertiary/aromatic N) is 1. The highest BCUT2D eigenvalue weighted by molar-refractivity contribution is 7.89. The molecule has 5 nitrogen and oxygen atoms in total. The zero-order chi connectivity index (χ0) is 16.4. The summed E-state index contributed by atoms with van der Waals surface area (Å²) in [6.45, 7) is 7.96. The van der Waals surface area contributed by atoms with Crippen LogP contribution in [0.15, 0.2) is 17.0 Å². The van der Waals surface area contributed by atoms with Crippen LogP contribution in [-0.4, -0.2) is 32.3 Å². The van der Waals surface area contributed by atoms with Crippen LogP contribution in [0, 0.1) is 5.82 Å². The molecule has 21 heavy (non-hydrogen) atoms. The molecule has 0 aliphatic heterocycles. The molecule has 0 aliphatic carbocycles. The maximum atomic E-state index is 13.7. The standard InChI is InChI=1S/C14H21FN2O3S/c1-5-17(6-2)14(18)13-11(9(3)4)7-10(15)8-12(13)21(16,19)20/h7-9H,5-6H2,1-4H3,(H2,16,19,20). The smallest absolute Gasteiger partial charge is 0.255 e. The van der Waals surface area contributed by atoms with Crippen LogP contribution in [0.1, 0.15) is 49.5 Å². The number of hydrogen-bond donors (Lipinski definition) is 1. The summed E-state index contributed by atoms with van der Waals surface area (Å²) in [4.78, 5) is 13.6. The van der Waals surface area contributed by atoms with E-state index in [-0.39, 0.29) is 11.5 Å². The van der Waals surface area contributed by atoms with Gasteiger partial charge in [-0.1, -0.05) is 13.8 Å². The summed E-state index contributed by atoms with van der Waals surface area (Å²) in [5.74, 6) is -1.39. The molecule has 0 atom stereocenters. The van der Waals surface area contributed by atoms with Gasteiger partial charge in [0.15, 0.2) is 0 Å². The summed E-state index contributed by atoms with van der Waals surface area (Å²) >= 11 is 0. The van der Waals surface area contributed by atoms with E-state index in [2.05, 4.69) is 0 Å². The molecule has 1 aromatic rings. The number of hydrogen-bond acceptors (Lipinski definition) is 3. The van der Waals surface area contributed by atoms with E-state index in [4.69, 9.17) is 5.14 Å². The first kappa shape index (κ1) is 17.6. The van der Waals surface area contributed by atoms with Gasteiger partial charge in [-0.3, -0.25) is 4.79 Å². The highest BCUT2D eigenvalue weighted by atomic mass is 32.2. The highest BCUT2D eigenvalue weighted by Crippen LogP contribution is 2.28. The van der Waals surface area contributed by atoms with Gasteiger partial charge in [0.25, 0.3) is 5.91 Å². The number of sulfonamides is 1. The van der Waals surface area contributed by atoms with Gasteiger partial charge in [-0.2, -0.15) is 0 Å². The molecule has 0 aliphatic rings. The second kappa shape index (κ2) is 6.53. The molecular weight excluding hydrogens is 295 g/mol. The van der Waals surface area contributed by atoms with Crippen molar-refractivity contribution in [3.8, 4) is 0 Å².